The minimum Gasteiger partial charge on any atom is -0.364 e. The van der Waals surface area contributed by atoms with Crippen molar-refractivity contribution in [1.29, 1.82) is 0 Å². The van der Waals surface area contributed by atoms with Gasteiger partial charge in [0.05, 0.1) is 6.10 Å². The zero-order valence-electron chi connectivity index (χ0n) is 11.7. The minimum absolute atomic E-state index is 0. The van der Waals surface area contributed by atoms with Crippen LogP contribution < -0.4 is 11.1 Å². The van der Waals surface area contributed by atoms with Crippen LogP contribution in [-0.2, 0) is 16.1 Å². The number of carbonyl (C=O) groups is 1. The molecule has 1 aromatic heterocycles. The van der Waals surface area contributed by atoms with E-state index in [-0.39, 0.29) is 30.5 Å². The fourth-order valence-electron chi connectivity index (χ4n) is 2.25. The molecule has 1 aliphatic rings. The van der Waals surface area contributed by atoms with E-state index in [9.17, 15) is 4.79 Å². The molecule has 2 rings (SSSR count). The molecular formula is C13H23ClN4O2. The first kappa shape index (κ1) is 16.9. The molecule has 1 saturated heterocycles. The first-order chi connectivity index (χ1) is 9.19. The lowest BCUT2D eigenvalue weighted by molar-refractivity contribution is -0.132. The van der Waals surface area contributed by atoms with Crippen molar-refractivity contribution in [2.45, 2.75) is 38.5 Å². The summed E-state index contributed by atoms with van der Waals surface area (Å²) in [4.78, 5) is 11.9. The molecule has 1 aliphatic heterocycles. The van der Waals surface area contributed by atoms with Crippen molar-refractivity contribution < 1.29 is 9.53 Å². The van der Waals surface area contributed by atoms with E-state index in [0.29, 0.717) is 19.0 Å². The Balaban J connectivity index is 0.00000200. The Kier molecular flexibility index (Phi) is 6.98. The van der Waals surface area contributed by atoms with Gasteiger partial charge in [-0.25, -0.2) is 0 Å². The molecule has 1 fully saturated rings. The maximum atomic E-state index is 11.9. The number of carbonyl (C=O) groups excluding carboxylic acids is 1. The highest BCUT2D eigenvalue weighted by molar-refractivity contribution is 5.85. The van der Waals surface area contributed by atoms with Crippen LogP contribution in [0.1, 0.15) is 19.8 Å². The van der Waals surface area contributed by atoms with Gasteiger partial charge < -0.3 is 15.8 Å². The maximum absolute atomic E-state index is 11.9. The number of hydrogen-bond acceptors (Lipinski definition) is 4. The Morgan fingerprint density at radius 2 is 2.40 bits per heavy atom. The number of halogens is 1. The van der Waals surface area contributed by atoms with E-state index in [1.54, 1.807) is 6.20 Å². The standard InChI is InChI=1S/C13H22N4O2.ClH/c1-10(9-17-6-2-5-16-17)8-15-13(18)12-4-3-11(7-14)19-12;/h2,5-6,10-12H,3-4,7-9,14H2,1H3,(H,15,18);1H/t10?,11-,12+;/m1./s1. The van der Waals surface area contributed by atoms with Crippen LogP contribution >= 0.6 is 12.4 Å². The van der Waals surface area contributed by atoms with E-state index in [4.69, 9.17) is 10.5 Å². The van der Waals surface area contributed by atoms with Crippen molar-refractivity contribution in [2.75, 3.05) is 13.1 Å². The van der Waals surface area contributed by atoms with Crippen molar-refractivity contribution >= 4 is 18.3 Å². The van der Waals surface area contributed by atoms with E-state index in [1.807, 2.05) is 16.9 Å². The molecule has 20 heavy (non-hydrogen) atoms. The maximum Gasteiger partial charge on any atom is 0.249 e. The zero-order valence-corrected chi connectivity index (χ0v) is 12.5. The van der Waals surface area contributed by atoms with Crippen LogP contribution in [-0.4, -0.2) is 41.0 Å². The molecule has 0 aromatic carbocycles. The predicted molar refractivity (Wildman–Crippen MR) is 78.6 cm³/mol. The summed E-state index contributed by atoms with van der Waals surface area (Å²) in [6.45, 7) is 4.00. The number of rotatable bonds is 6. The molecule has 2 heterocycles. The van der Waals surface area contributed by atoms with Crippen LogP contribution in [0, 0.1) is 5.92 Å². The van der Waals surface area contributed by atoms with Crippen LogP contribution in [0.25, 0.3) is 0 Å². The fourth-order valence-corrected chi connectivity index (χ4v) is 2.25. The van der Waals surface area contributed by atoms with E-state index in [1.165, 1.54) is 0 Å². The molecule has 1 amide bonds. The van der Waals surface area contributed by atoms with Gasteiger partial charge in [0.15, 0.2) is 0 Å². The van der Waals surface area contributed by atoms with Crippen LogP contribution in [0.3, 0.4) is 0 Å². The zero-order chi connectivity index (χ0) is 13.7. The van der Waals surface area contributed by atoms with Crippen LogP contribution in [0.4, 0.5) is 0 Å². The molecule has 0 saturated carbocycles. The van der Waals surface area contributed by atoms with Gasteiger partial charge in [-0.1, -0.05) is 6.92 Å². The van der Waals surface area contributed by atoms with Gasteiger partial charge in [-0.05, 0) is 24.8 Å². The average molecular weight is 303 g/mol. The molecule has 0 radical (unpaired) electrons. The van der Waals surface area contributed by atoms with Crippen molar-refractivity contribution in [3.8, 4) is 0 Å². The van der Waals surface area contributed by atoms with Gasteiger partial charge in [-0.3, -0.25) is 9.48 Å². The number of ether oxygens (including phenoxy) is 1. The third-order valence-corrected chi connectivity index (χ3v) is 3.35. The lowest BCUT2D eigenvalue weighted by Gasteiger charge is -2.16. The second kappa shape index (κ2) is 8.24. The summed E-state index contributed by atoms with van der Waals surface area (Å²) >= 11 is 0. The number of hydrogen-bond donors (Lipinski definition) is 2. The fraction of sp³-hybridized carbons (Fsp3) is 0.692. The summed E-state index contributed by atoms with van der Waals surface area (Å²) in [5.41, 5.74) is 5.53. The molecule has 0 aliphatic carbocycles. The summed E-state index contributed by atoms with van der Waals surface area (Å²) < 4.78 is 7.42. The first-order valence-corrected chi connectivity index (χ1v) is 6.79. The second-order valence-electron chi connectivity index (χ2n) is 5.14. The lowest BCUT2D eigenvalue weighted by atomic mass is 10.1. The highest BCUT2D eigenvalue weighted by Crippen LogP contribution is 2.18. The first-order valence-electron chi connectivity index (χ1n) is 6.79. The summed E-state index contributed by atoms with van der Waals surface area (Å²) in [6, 6.07) is 1.89. The lowest BCUT2D eigenvalue weighted by Crippen LogP contribution is -2.38. The van der Waals surface area contributed by atoms with Crippen LogP contribution in [0.5, 0.6) is 0 Å². The Hall–Kier alpha value is -1.11. The quantitative estimate of drug-likeness (QED) is 0.804. The van der Waals surface area contributed by atoms with E-state index in [2.05, 4.69) is 17.3 Å². The van der Waals surface area contributed by atoms with Crippen molar-refractivity contribution in [3.63, 3.8) is 0 Å². The van der Waals surface area contributed by atoms with Crippen molar-refractivity contribution in [2.24, 2.45) is 11.7 Å². The van der Waals surface area contributed by atoms with E-state index >= 15 is 0 Å². The Labute approximate surface area is 125 Å². The molecule has 3 N–H and O–H groups in total. The molecule has 7 heteroatoms. The van der Waals surface area contributed by atoms with Crippen molar-refractivity contribution in [3.05, 3.63) is 18.5 Å². The summed E-state index contributed by atoms with van der Waals surface area (Å²) in [5, 5.41) is 7.08. The summed E-state index contributed by atoms with van der Waals surface area (Å²) in [7, 11) is 0. The number of aromatic nitrogens is 2. The van der Waals surface area contributed by atoms with Crippen LogP contribution in [0.2, 0.25) is 0 Å². The van der Waals surface area contributed by atoms with E-state index < -0.39 is 0 Å². The third kappa shape index (κ3) is 4.77. The Bertz CT molecular complexity index is 399. The highest BCUT2D eigenvalue weighted by atomic mass is 35.5. The van der Waals surface area contributed by atoms with Crippen LogP contribution in [0.15, 0.2) is 18.5 Å². The Morgan fingerprint density at radius 3 is 3.00 bits per heavy atom. The minimum atomic E-state index is -0.328. The van der Waals surface area contributed by atoms with E-state index in [0.717, 1.165) is 19.4 Å². The largest absolute Gasteiger partial charge is 0.364 e. The third-order valence-electron chi connectivity index (χ3n) is 3.35. The average Bonchev–Trinajstić information content (AvgIpc) is 3.06. The molecule has 6 nitrogen and oxygen atoms in total. The molecule has 1 unspecified atom stereocenters. The second-order valence-corrected chi connectivity index (χ2v) is 5.14. The Morgan fingerprint density at radius 1 is 1.60 bits per heavy atom. The number of nitrogens with one attached hydrogen (secondary N) is 1. The molecule has 1 aromatic rings. The van der Waals surface area contributed by atoms with Gasteiger partial charge in [0, 0.05) is 32.0 Å². The van der Waals surface area contributed by atoms with Crippen molar-refractivity contribution in [1.82, 2.24) is 15.1 Å². The number of nitrogens with zero attached hydrogens (tertiary/aromatic N) is 2. The van der Waals surface area contributed by atoms with Gasteiger partial charge in [0.2, 0.25) is 5.91 Å². The van der Waals surface area contributed by atoms with Gasteiger partial charge in [0.25, 0.3) is 0 Å². The SMILES string of the molecule is CC(CNC(=O)[C@@H]1CC[C@H](CN)O1)Cn1cccn1.Cl. The number of amides is 1. The molecular weight excluding hydrogens is 280 g/mol. The monoisotopic (exact) mass is 302 g/mol. The summed E-state index contributed by atoms with van der Waals surface area (Å²) in [6.07, 6.45) is 5.02. The predicted octanol–water partition coefficient (Wildman–Crippen LogP) is 0.564. The van der Waals surface area contributed by atoms with Gasteiger partial charge in [0.1, 0.15) is 6.10 Å². The highest BCUT2D eigenvalue weighted by Gasteiger charge is 2.29. The normalized spacial score (nSPS) is 23.1. The molecule has 0 spiro atoms. The van der Waals surface area contributed by atoms with Gasteiger partial charge in [-0.2, -0.15) is 5.10 Å². The smallest absolute Gasteiger partial charge is 0.249 e. The topological polar surface area (TPSA) is 82.2 Å². The van der Waals surface area contributed by atoms with Gasteiger partial charge >= 0.3 is 0 Å². The van der Waals surface area contributed by atoms with Gasteiger partial charge in [-0.15, -0.1) is 12.4 Å². The molecule has 3 atom stereocenters. The summed E-state index contributed by atoms with van der Waals surface area (Å²) in [5.74, 6) is 0.304. The number of nitrogens with two attached hydrogens (primary N) is 1. The molecule has 114 valence electrons. The molecule has 0 bridgehead atoms.